The fourth-order valence-corrected chi connectivity index (χ4v) is 5.23. The average molecular weight is 458 g/mol. The van der Waals surface area contributed by atoms with Crippen molar-refractivity contribution in [3.63, 3.8) is 0 Å². The number of hydrogen-bond acceptors (Lipinski definition) is 8. The fraction of sp³-hybridized carbons (Fsp3) is 0.636. The zero-order chi connectivity index (χ0) is 22.6. The van der Waals surface area contributed by atoms with E-state index in [1.54, 1.807) is 17.3 Å². The second-order valence-corrected chi connectivity index (χ2v) is 9.52. The van der Waals surface area contributed by atoms with E-state index >= 15 is 0 Å². The Morgan fingerprint density at radius 1 is 1.36 bits per heavy atom. The van der Waals surface area contributed by atoms with Gasteiger partial charge in [0.1, 0.15) is 17.7 Å². The highest BCUT2D eigenvalue weighted by atomic mass is 19.1. The molecule has 4 heterocycles. The molecule has 1 amide bonds. The molecule has 10 nitrogen and oxygen atoms in total. The van der Waals surface area contributed by atoms with E-state index in [0.717, 1.165) is 37.7 Å². The van der Waals surface area contributed by atoms with E-state index in [0.29, 0.717) is 36.4 Å². The van der Waals surface area contributed by atoms with Gasteiger partial charge in [-0.3, -0.25) is 14.8 Å². The molecule has 0 aromatic carbocycles. The summed E-state index contributed by atoms with van der Waals surface area (Å²) in [4.78, 5) is 24.3. The van der Waals surface area contributed by atoms with E-state index in [-0.39, 0.29) is 31.1 Å². The Morgan fingerprint density at radius 2 is 2.24 bits per heavy atom. The molecule has 3 N–H and O–H groups in total. The van der Waals surface area contributed by atoms with Gasteiger partial charge in [-0.05, 0) is 38.5 Å². The van der Waals surface area contributed by atoms with Gasteiger partial charge in [0.2, 0.25) is 11.9 Å². The molecule has 3 fully saturated rings. The number of aliphatic hydroxyl groups excluding tert-OH is 1. The Labute approximate surface area is 189 Å². The largest absolute Gasteiger partial charge is 0.475 e. The molecule has 4 aliphatic rings. The van der Waals surface area contributed by atoms with Crippen LogP contribution in [0.3, 0.4) is 0 Å². The number of ether oxygens (including phenoxy) is 2. The smallest absolute Gasteiger partial charge is 0.256 e. The van der Waals surface area contributed by atoms with E-state index in [1.807, 2.05) is 0 Å². The van der Waals surface area contributed by atoms with E-state index in [1.165, 1.54) is 0 Å². The minimum Gasteiger partial charge on any atom is -0.475 e. The first-order valence-corrected chi connectivity index (χ1v) is 11.6. The number of hydrogen-bond donors (Lipinski definition) is 3. The maximum atomic E-state index is 13.8. The third-order valence-electron chi connectivity index (χ3n) is 7.28. The average Bonchev–Trinajstić information content (AvgIpc) is 3.22. The number of aliphatic hydroxyl groups is 1. The van der Waals surface area contributed by atoms with E-state index in [4.69, 9.17) is 14.5 Å². The number of carbonyl (C=O) groups is 1. The van der Waals surface area contributed by atoms with Crippen molar-refractivity contribution in [3.8, 4) is 5.88 Å². The van der Waals surface area contributed by atoms with Gasteiger partial charge in [-0.2, -0.15) is 4.98 Å². The first-order valence-electron chi connectivity index (χ1n) is 11.6. The van der Waals surface area contributed by atoms with Crippen LogP contribution >= 0.6 is 0 Å². The van der Waals surface area contributed by atoms with Gasteiger partial charge in [-0.15, -0.1) is 5.10 Å². The molecular formula is C22H27FN6O4. The molecule has 2 aliphatic heterocycles. The second kappa shape index (κ2) is 7.91. The highest BCUT2D eigenvalue weighted by Gasteiger charge is 2.61. The van der Waals surface area contributed by atoms with Crippen LogP contribution in [0.15, 0.2) is 12.4 Å². The number of fused-ring (bicyclic) bond motifs is 2. The van der Waals surface area contributed by atoms with Crippen molar-refractivity contribution in [2.24, 2.45) is 5.92 Å². The van der Waals surface area contributed by atoms with Gasteiger partial charge in [-0.25, -0.2) is 9.37 Å². The van der Waals surface area contributed by atoms with Crippen LogP contribution in [0.2, 0.25) is 0 Å². The Balaban J connectivity index is 1.23. The third kappa shape index (κ3) is 3.54. The summed E-state index contributed by atoms with van der Waals surface area (Å²) < 4.78 is 24.6. The van der Waals surface area contributed by atoms with Crippen molar-refractivity contribution >= 4 is 23.4 Å². The number of alkyl halides is 1. The number of H-pyrrole nitrogens is 1. The Hall–Kier alpha value is -2.79. The minimum atomic E-state index is -1.04. The molecular weight excluding hydrogens is 431 g/mol. The number of rotatable bonds is 6. The zero-order valence-corrected chi connectivity index (χ0v) is 18.2. The summed E-state index contributed by atoms with van der Waals surface area (Å²) in [6.07, 6.45) is 6.60. The third-order valence-corrected chi connectivity index (χ3v) is 7.28. The first-order chi connectivity index (χ1) is 16.0. The lowest BCUT2D eigenvalue weighted by Gasteiger charge is -2.33. The van der Waals surface area contributed by atoms with Crippen molar-refractivity contribution in [3.05, 3.63) is 18.0 Å². The lowest BCUT2D eigenvalue weighted by molar-refractivity contribution is -0.121. The van der Waals surface area contributed by atoms with Gasteiger partial charge in [0.05, 0.1) is 37.3 Å². The Kier molecular flexibility index (Phi) is 4.98. The quantitative estimate of drug-likeness (QED) is 0.600. The number of anilines is 3. The van der Waals surface area contributed by atoms with Crippen molar-refractivity contribution < 1.29 is 23.8 Å². The number of nitrogens with one attached hydrogen (secondary N) is 2. The molecule has 1 saturated heterocycles. The highest BCUT2D eigenvalue weighted by Crippen LogP contribution is 2.57. The summed E-state index contributed by atoms with van der Waals surface area (Å²) in [6.45, 7) is 0.571. The second-order valence-electron chi connectivity index (χ2n) is 9.52. The van der Waals surface area contributed by atoms with Crippen molar-refractivity contribution in [2.75, 3.05) is 30.0 Å². The van der Waals surface area contributed by atoms with Crippen molar-refractivity contribution in [1.82, 2.24) is 20.2 Å². The molecule has 2 aromatic rings. The van der Waals surface area contributed by atoms with Gasteiger partial charge in [-0.1, -0.05) is 0 Å². The summed E-state index contributed by atoms with van der Waals surface area (Å²) in [7, 11) is 0. The summed E-state index contributed by atoms with van der Waals surface area (Å²) in [5.74, 6) is 0.990. The van der Waals surface area contributed by atoms with Crippen molar-refractivity contribution in [2.45, 2.75) is 62.3 Å². The van der Waals surface area contributed by atoms with Gasteiger partial charge in [0, 0.05) is 24.0 Å². The molecule has 176 valence electrons. The monoisotopic (exact) mass is 458 g/mol. The van der Waals surface area contributed by atoms with E-state index in [9.17, 15) is 14.3 Å². The van der Waals surface area contributed by atoms with Crippen LogP contribution in [0, 0.1) is 5.92 Å². The molecule has 2 aliphatic carbocycles. The minimum absolute atomic E-state index is 0.0576. The van der Waals surface area contributed by atoms with Crippen LogP contribution in [0.25, 0.3) is 0 Å². The molecule has 11 heteroatoms. The topological polar surface area (TPSA) is 125 Å². The maximum absolute atomic E-state index is 13.8. The number of halogens is 1. The molecule has 4 atom stereocenters. The van der Waals surface area contributed by atoms with Gasteiger partial charge in [0.15, 0.2) is 0 Å². The molecule has 0 radical (unpaired) electrons. The lowest BCUT2D eigenvalue weighted by Crippen LogP contribution is -2.44. The van der Waals surface area contributed by atoms with E-state index < -0.39 is 17.7 Å². The van der Waals surface area contributed by atoms with Crippen LogP contribution in [0.5, 0.6) is 5.88 Å². The predicted molar refractivity (Wildman–Crippen MR) is 115 cm³/mol. The molecule has 2 unspecified atom stereocenters. The maximum Gasteiger partial charge on any atom is 0.256 e. The number of amides is 1. The standard InChI is InChI=1S/C22H27FN6O4/c23-16-11-32-9-12(16)10-33-19-17(8-25-28-19)26-21-24-7-15-18(27-21)29(20(31)22(15)4-5-22)13-2-1-3-14(30)6-13/h7-8,12-14,16,30H,1-6,9-11H2,(H,25,28)(H,24,26,27)/t12?,13-,14-,16?/m1/s1. The molecule has 1 spiro atoms. The molecule has 0 bridgehead atoms. The zero-order valence-electron chi connectivity index (χ0n) is 18.2. The summed E-state index contributed by atoms with van der Waals surface area (Å²) in [5, 5.41) is 20.1. The number of nitrogens with zero attached hydrogens (tertiary/aromatic N) is 4. The molecule has 2 saturated carbocycles. The number of carbonyl (C=O) groups excluding carboxylic acids is 1. The van der Waals surface area contributed by atoms with Gasteiger partial charge >= 0.3 is 0 Å². The van der Waals surface area contributed by atoms with Crippen LogP contribution in [-0.4, -0.2) is 69.3 Å². The normalized spacial score (nSPS) is 30.0. The summed E-state index contributed by atoms with van der Waals surface area (Å²) in [5.41, 5.74) is 0.901. The Bertz CT molecular complexity index is 1060. The first kappa shape index (κ1) is 20.8. The highest BCUT2D eigenvalue weighted by molar-refractivity contribution is 6.09. The summed E-state index contributed by atoms with van der Waals surface area (Å²) >= 11 is 0. The van der Waals surface area contributed by atoms with Crippen LogP contribution in [-0.2, 0) is 14.9 Å². The van der Waals surface area contributed by atoms with Crippen molar-refractivity contribution in [1.29, 1.82) is 0 Å². The number of aromatic nitrogens is 4. The van der Waals surface area contributed by atoms with Crippen LogP contribution in [0.1, 0.15) is 44.1 Å². The van der Waals surface area contributed by atoms with Gasteiger partial charge in [0.25, 0.3) is 5.88 Å². The van der Waals surface area contributed by atoms with E-state index in [2.05, 4.69) is 20.5 Å². The lowest BCUT2D eigenvalue weighted by atomic mass is 9.92. The SMILES string of the molecule is O=C1N([C@@H]2CCC[C@@H](O)C2)c2nc(Nc3c[nH]nc3OCC3COCC3F)ncc2C12CC2. The number of aromatic amines is 1. The molecule has 33 heavy (non-hydrogen) atoms. The summed E-state index contributed by atoms with van der Waals surface area (Å²) in [6, 6.07) is -0.0576. The van der Waals surface area contributed by atoms with Crippen LogP contribution in [0.4, 0.5) is 21.8 Å². The Morgan fingerprint density at radius 3 is 3.00 bits per heavy atom. The van der Waals surface area contributed by atoms with Crippen LogP contribution < -0.4 is 15.0 Å². The predicted octanol–water partition coefficient (Wildman–Crippen LogP) is 1.99. The molecule has 2 aromatic heterocycles. The fourth-order valence-electron chi connectivity index (χ4n) is 5.23. The molecule has 6 rings (SSSR count). The van der Waals surface area contributed by atoms with Gasteiger partial charge < -0.3 is 19.9 Å².